The topological polar surface area (TPSA) is 56.9 Å². The molecule has 2 atom stereocenters. The maximum Gasteiger partial charge on any atom is 0.328 e. The second-order valence-corrected chi connectivity index (χ2v) is 8.65. The summed E-state index contributed by atoms with van der Waals surface area (Å²) in [7, 11) is 0. The summed E-state index contributed by atoms with van der Waals surface area (Å²) in [4.78, 5) is 15.8. The predicted octanol–water partition coefficient (Wildman–Crippen LogP) is 5.14. The van der Waals surface area contributed by atoms with Crippen LogP contribution in [0.25, 0.3) is 17.4 Å². The third-order valence-electron chi connectivity index (χ3n) is 6.11. The standard InChI is InChI=1S/C27H30N2O3/c1-20-16-28(18-23-9-12-25(13-10-23)26-4-3-15-32-26)17-21(2)29(20)19-24-7-5-22(6-8-24)11-14-27(30)31/h3-15,20-21H,16-19H2,1-2H3,(H,30,31)/t20-,21+. The third-order valence-corrected chi connectivity index (χ3v) is 6.11. The van der Waals surface area contributed by atoms with Crippen LogP contribution in [0, 0.1) is 0 Å². The van der Waals surface area contributed by atoms with Crippen LogP contribution >= 0.6 is 0 Å². The summed E-state index contributed by atoms with van der Waals surface area (Å²) in [5.74, 6) is -0.0265. The quantitative estimate of drug-likeness (QED) is 0.526. The fourth-order valence-electron chi connectivity index (χ4n) is 4.49. The molecule has 4 rings (SSSR count). The fourth-order valence-corrected chi connectivity index (χ4v) is 4.49. The highest BCUT2D eigenvalue weighted by molar-refractivity contribution is 5.85. The van der Waals surface area contributed by atoms with Gasteiger partial charge in [0, 0.05) is 49.9 Å². The van der Waals surface area contributed by atoms with E-state index in [1.54, 1.807) is 12.3 Å². The molecule has 32 heavy (non-hydrogen) atoms. The first kappa shape index (κ1) is 22.1. The summed E-state index contributed by atoms with van der Waals surface area (Å²) < 4.78 is 5.48. The van der Waals surface area contributed by atoms with Gasteiger partial charge in [-0.2, -0.15) is 0 Å². The number of nitrogens with zero attached hydrogens (tertiary/aromatic N) is 2. The van der Waals surface area contributed by atoms with Crippen molar-refractivity contribution >= 4 is 12.0 Å². The Hall–Kier alpha value is -3.15. The lowest BCUT2D eigenvalue weighted by Gasteiger charge is -2.44. The highest BCUT2D eigenvalue weighted by Crippen LogP contribution is 2.23. The van der Waals surface area contributed by atoms with Gasteiger partial charge in [-0.05, 0) is 48.7 Å². The number of benzene rings is 2. The Balaban J connectivity index is 1.33. The van der Waals surface area contributed by atoms with Crippen molar-refractivity contribution in [1.29, 1.82) is 0 Å². The van der Waals surface area contributed by atoms with E-state index >= 15 is 0 Å². The van der Waals surface area contributed by atoms with Crippen LogP contribution in [-0.4, -0.2) is 46.0 Å². The number of carboxylic acid groups (broad SMARTS) is 1. The molecule has 166 valence electrons. The Bertz CT molecular complexity index is 1030. The number of piperazine rings is 1. The minimum atomic E-state index is -0.928. The zero-order valence-corrected chi connectivity index (χ0v) is 18.6. The number of aliphatic carboxylic acids is 1. The van der Waals surface area contributed by atoms with Crippen LogP contribution in [0.3, 0.4) is 0 Å². The number of hydrogen-bond acceptors (Lipinski definition) is 4. The van der Waals surface area contributed by atoms with Crippen LogP contribution < -0.4 is 0 Å². The Morgan fingerprint density at radius 3 is 2.19 bits per heavy atom. The van der Waals surface area contributed by atoms with E-state index < -0.39 is 5.97 Å². The van der Waals surface area contributed by atoms with Crippen molar-refractivity contribution in [2.45, 2.75) is 39.0 Å². The molecule has 5 heteroatoms. The second-order valence-electron chi connectivity index (χ2n) is 8.65. The summed E-state index contributed by atoms with van der Waals surface area (Å²) in [6, 6.07) is 21.6. The van der Waals surface area contributed by atoms with Gasteiger partial charge in [-0.15, -0.1) is 0 Å². The summed E-state index contributed by atoms with van der Waals surface area (Å²) in [5, 5.41) is 8.77. The van der Waals surface area contributed by atoms with E-state index in [-0.39, 0.29) is 0 Å². The molecule has 2 aromatic carbocycles. The molecule has 0 bridgehead atoms. The lowest BCUT2D eigenvalue weighted by molar-refractivity contribution is -0.131. The van der Waals surface area contributed by atoms with E-state index in [9.17, 15) is 4.79 Å². The molecule has 0 spiro atoms. The Morgan fingerprint density at radius 2 is 1.59 bits per heavy atom. The van der Waals surface area contributed by atoms with Gasteiger partial charge in [0.05, 0.1) is 6.26 Å². The molecule has 1 aromatic heterocycles. The first-order chi connectivity index (χ1) is 15.5. The Morgan fingerprint density at radius 1 is 0.969 bits per heavy atom. The average Bonchev–Trinajstić information content (AvgIpc) is 3.31. The average molecular weight is 431 g/mol. The van der Waals surface area contributed by atoms with Crippen molar-refractivity contribution in [3.8, 4) is 11.3 Å². The molecule has 0 amide bonds. The van der Waals surface area contributed by atoms with E-state index in [0.29, 0.717) is 12.1 Å². The van der Waals surface area contributed by atoms with Gasteiger partial charge >= 0.3 is 5.97 Å². The van der Waals surface area contributed by atoms with Crippen molar-refractivity contribution < 1.29 is 14.3 Å². The molecule has 1 aliphatic rings. The SMILES string of the molecule is C[C@@H]1CN(Cc2ccc(-c3ccco3)cc2)C[C@H](C)N1Cc1ccc(C=CC(=O)O)cc1. The van der Waals surface area contributed by atoms with E-state index in [1.165, 1.54) is 17.2 Å². The van der Waals surface area contributed by atoms with Gasteiger partial charge in [0.2, 0.25) is 0 Å². The lowest BCUT2D eigenvalue weighted by Crippen LogP contribution is -2.55. The van der Waals surface area contributed by atoms with E-state index in [2.05, 4.69) is 60.0 Å². The monoisotopic (exact) mass is 430 g/mol. The third kappa shape index (κ3) is 5.55. The summed E-state index contributed by atoms with van der Waals surface area (Å²) in [5.41, 5.74) is 4.58. The molecule has 0 saturated carbocycles. The smallest absolute Gasteiger partial charge is 0.328 e. The van der Waals surface area contributed by atoms with Crippen LogP contribution in [0.5, 0.6) is 0 Å². The van der Waals surface area contributed by atoms with Crippen LogP contribution in [0.4, 0.5) is 0 Å². The lowest BCUT2D eigenvalue weighted by atomic mass is 10.0. The van der Waals surface area contributed by atoms with Crippen LogP contribution in [0.15, 0.2) is 77.4 Å². The maximum absolute atomic E-state index is 10.7. The van der Waals surface area contributed by atoms with Crippen molar-refractivity contribution in [2.75, 3.05) is 13.1 Å². The minimum Gasteiger partial charge on any atom is -0.478 e. The van der Waals surface area contributed by atoms with Gasteiger partial charge in [0.1, 0.15) is 5.76 Å². The fraction of sp³-hybridized carbons (Fsp3) is 0.296. The summed E-state index contributed by atoms with van der Waals surface area (Å²) in [6.45, 7) is 8.51. The molecular weight excluding hydrogens is 400 g/mol. The number of furan rings is 1. The molecular formula is C27H30N2O3. The molecule has 0 radical (unpaired) electrons. The number of carbonyl (C=O) groups is 1. The van der Waals surface area contributed by atoms with Crippen molar-refractivity contribution in [3.63, 3.8) is 0 Å². The molecule has 1 aliphatic heterocycles. The number of hydrogen-bond donors (Lipinski definition) is 1. The highest BCUT2D eigenvalue weighted by atomic mass is 16.4. The van der Waals surface area contributed by atoms with E-state index in [1.807, 2.05) is 24.3 Å². The molecule has 2 heterocycles. The summed E-state index contributed by atoms with van der Waals surface area (Å²) >= 11 is 0. The van der Waals surface area contributed by atoms with Gasteiger partial charge in [0.15, 0.2) is 0 Å². The number of carboxylic acids is 1. The minimum absolute atomic E-state index is 0.452. The second kappa shape index (κ2) is 9.98. The van der Waals surface area contributed by atoms with Gasteiger partial charge in [-0.1, -0.05) is 48.5 Å². The molecule has 1 fully saturated rings. The zero-order chi connectivity index (χ0) is 22.5. The van der Waals surface area contributed by atoms with E-state index in [0.717, 1.165) is 43.1 Å². The number of rotatable bonds is 7. The van der Waals surface area contributed by atoms with Crippen LogP contribution in [0.2, 0.25) is 0 Å². The van der Waals surface area contributed by atoms with Gasteiger partial charge < -0.3 is 9.52 Å². The first-order valence-electron chi connectivity index (χ1n) is 11.1. The maximum atomic E-state index is 10.7. The first-order valence-corrected chi connectivity index (χ1v) is 11.1. The molecule has 1 saturated heterocycles. The molecule has 5 nitrogen and oxygen atoms in total. The largest absolute Gasteiger partial charge is 0.478 e. The highest BCUT2D eigenvalue weighted by Gasteiger charge is 2.29. The summed E-state index contributed by atoms with van der Waals surface area (Å²) in [6.07, 6.45) is 4.50. The molecule has 0 aliphatic carbocycles. The predicted molar refractivity (Wildman–Crippen MR) is 127 cm³/mol. The molecule has 1 N–H and O–H groups in total. The van der Waals surface area contributed by atoms with Crippen LogP contribution in [-0.2, 0) is 17.9 Å². The van der Waals surface area contributed by atoms with Gasteiger partial charge in [-0.3, -0.25) is 9.80 Å². The van der Waals surface area contributed by atoms with E-state index in [4.69, 9.17) is 9.52 Å². The Kier molecular flexibility index (Phi) is 6.88. The van der Waals surface area contributed by atoms with Gasteiger partial charge in [0.25, 0.3) is 0 Å². The van der Waals surface area contributed by atoms with Crippen LogP contribution in [0.1, 0.15) is 30.5 Å². The molecule has 0 unspecified atom stereocenters. The molecule has 3 aromatic rings. The van der Waals surface area contributed by atoms with Gasteiger partial charge in [-0.25, -0.2) is 4.79 Å². The van der Waals surface area contributed by atoms with Crippen molar-refractivity contribution in [2.24, 2.45) is 0 Å². The normalized spacial score (nSPS) is 20.1. The van der Waals surface area contributed by atoms with Crippen molar-refractivity contribution in [1.82, 2.24) is 9.80 Å². The van der Waals surface area contributed by atoms with Crippen molar-refractivity contribution in [3.05, 3.63) is 89.7 Å². The Labute approximate surface area is 189 Å². The zero-order valence-electron chi connectivity index (χ0n) is 18.6.